The highest BCUT2D eigenvalue weighted by Crippen LogP contribution is 2.32. The first-order chi connectivity index (χ1) is 12.5. The van der Waals surface area contributed by atoms with Crippen molar-refractivity contribution in [3.05, 3.63) is 57.9 Å². The summed E-state index contributed by atoms with van der Waals surface area (Å²) in [5.41, 5.74) is 5.45. The van der Waals surface area contributed by atoms with E-state index in [1.54, 1.807) is 24.5 Å². The van der Waals surface area contributed by atoms with Crippen LogP contribution in [0.4, 0.5) is 0 Å². The Morgan fingerprint density at radius 3 is 2.81 bits per heavy atom. The molecule has 0 aliphatic carbocycles. The number of carbonyl (C=O) groups excluding carboxylic acids is 1. The minimum Gasteiger partial charge on any atom is -0.502 e. The van der Waals surface area contributed by atoms with Crippen LogP contribution in [0.3, 0.4) is 0 Å². The van der Waals surface area contributed by atoms with Gasteiger partial charge in [-0.15, -0.1) is 0 Å². The summed E-state index contributed by atoms with van der Waals surface area (Å²) in [6.45, 7) is 3.12. The van der Waals surface area contributed by atoms with Crippen molar-refractivity contribution >= 4 is 5.91 Å². The summed E-state index contributed by atoms with van der Waals surface area (Å²) in [5, 5.41) is 10.3. The number of carbonyl (C=O) groups is 1. The monoisotopic (exact) mass is 359 g/mol. The summed E-state index contributed by atoms with van der Waals surface area (Å²) in [7, 11) is 0. The van der Waals surface area contributed by atoms with Crippen molar-refractivity contribution in [3.8, 4) is 5.75 Å². The lowest BCUT2D eigenvalue weighted by atomic mass is 9.93. The first-order valence-electron chi connectivity index (χ1n) is 8.39. The number of rotatable bonds is 6. The molecule has 3 N–H and O–H groups in total. The fourth-order valence-electron chi connectivity index (χ4n) is 2.99. The van der Waals surface area contributed by atoms with Crippen molar-refractivity contribution in [2.45, 2.75) is 18.9 Å². The van der Waals surface area contributed by atoms with Gasteiger partial charge in [-0.2, -0.15) is 0 Å². The van der Waals surface area contributed by atoms with Crippen LogP contribution in [-0.2, 0) is 16.1 Å². The topological polar surface area (TPSA) is 119 Å². The van der Waals surface area contributed by atoms with Crippen molar-refractivity contribution in [1.29, 1.82) is 0 Å². The molecular formula is C18H21N3O5. The van der Waals surface area contributed by atoms with Gasteiger partial charge in [0.25, 0.3) is 0 Å². The fraction of sp³-hybridized carbons (Fsp3) is 0.389. The molecule has 8 nitrogen and oxygen atoms in total. The maximum atomic E-state index is 12.2. The normalized spacial score (nSPS) is 16.3. The number of pyridine rings is 1. The van der Waals surface area contributed by atoms with Gasteiger partial charge in [0.1, 0.15) is 5.76 Å². The second kappa shape index (κ2) is 8.11. The molecule has 2 aromatic rings. The zero-order chi connectivity index (χ0) is 18.5. The van der Waals surface area contributed by atoms with Crippen LogP contribution >= 0.6 is 0 Å². The number of aromatic nitrogens is 1. The van der Waals surface area contributed by atoms with Gasteiger partial charge in [-0.05, 0) is 11.6 Å². The third-order valence-corrected chi connectivity index (χ3v) is 4.29. The Morgan fingerprint density at radius 1 is 1.38 bits per heavy atom. The maximum Gasteiger partial charge on any atom is 0.227 e. The number of primary amides is 1. The van der Waals surface area contributed by atoms with E-state index in [4.69, 9.17) is 14.9 Å². The van der Waals surface area contributed by atoms with Crippen LogP contribution in [0, 0.1) is 0 Å². The molecule has 0 saturated carbocycles. The van der Waals surface area contributed by atoms with E-state index in [9.17, 15) is 14.7 Å². The number of nitrogens with zero attached hydrogens (tertiary/aromatic N) is 2. The van der Waals surface area contributed by atoms with E-state index >= 15 is 0 Å². The summed E-state index contributed by atoms with van der Waals surface area (Å²) >= 11 is 0. The molecule has 138 valence electrons. The quantitative estimate of drug-likeness (QED) is 0.774. The van der Waals surface area contributed by atoms with E-state index in [2.05, 4.69) is 9.88 Å². The SMILES string of the molecule is NC(=O)C[C@H](c1cccnc1)c1oc(CN2CCOCC2)cc(=O)c1O. The molecule has 1 aliphatic rings. The van der Waals surface area contributed by atoms with Gasteiger partial charge in [0, 0.05) is 38.0 Å². The summed E-state index contributed by atoms with van der Waals surface area (Å²) in [4.78, 5) is 29.9. The van der Waals surface area contributed by atoms with Crippen molar-refractivity contribution in [2.75, 3.05) is 26.3 Å². The third-order valence-electron chi connectivity index (χ3n) is 4.29. The zero-order valence-corrected chi connectivity index (χ0v) is 14.3. The molecule has 3 heterocycles. The van der Waals surface area contributed by atoms with Crippen molar-refractivity contribution in [3.63, 3.8) is 0 Å². The average Bonchev–Trinajstić information content (AvgIpc) is 2.64. The van der Waals surface area contributed by atoms with Crippen LogP contribution in [0.25, 0.3) is 0 Å². The molecule has 3 rings (SSSR count). The second-order valence-electron chi connectivity index (χ2n) is 6.19. The van der Waals surface area contributed by atoms with E-state index in [0.717, 1.165) is 13.1 Å². The summed E-state index contributed by atoms with van der Waals surface area (Å²) in [5.74, 6) is -1.31. The molecule has 0 spiro atoms. The summed E-state index contributed by atoms with van der Waals surface area (Å²) in [6.07, 6.45) is 3.04. The highest BCUT2D eigenvalue weighted by Gasteiger charge is 2.26. The lowest BCUT2D eigenvalue weighted by Gasteiger charge is -2.26. The molecule has 1 atom stereocenters. The molecular weight excluding hydrogens is 338 g/mol. The zero-order valence-electron chi connectivity index (χ0n) is 14.3. The van der Waals surface area contributed by atoms with Crippen molar-refractivity contribution < 1.29 is 19.1 Å². The molecule has 0 unspecified atom stereocenters. The minimum atomic E-state index is -0.682. The molecule has 1 fully saturated rings. The molecule has 8 heteroatoms. The fourth-order valence-corrected chi connectivity index (χ4v) is 2.99. The Labute approximate surface area is 150 Å². The average molecular weight is 359 g/mol. The first-order valence-corrected chi connectivity index (χ1v) is 8.39. The van der Waals surface area contributed by atoms with E-state index in [1.165, 1.54) is 6.07 Å². The van der Waals surface area contributed by atoms with Crippen molar-refractivity contribution in [1.82, 2.24) is 9.88 Å². The third kappa shape index (κ3) is 4.27. The molecule has 1 saturated heterocycles. The highest BCUT2D eigenvalue weighted by atomic mass is 16.5. The van der Waals surface area contributed by atoms with Crippen LogP contribution in [0.2, 0.25) is 0 Å². The largest absolute Gasteiger partial charge is 0.502 e. The Hall–Kier alpha value is -2.71. The molecule has 0 bridgehead atoms. The molecule has 1 aliphatic heterocycles. The number of amides is 1. The van der Waals surface area contributed by atoms with Gasteiger partial charge in [-0.1, -0.05) is 6.07 Å². The maximum absolute atomic E-state index is 12.2. The number of aromatic hydroxyl groups is 1. The predicted octanol–water partition coefficient (Wildman–Crippen LogP) is 0.580. The smallest absolute Gasteiger partial charge is 0.227 e. The molecule has 1 amide bonds. The predicted molar refractivity (Wildman–Crippen MR) is 92.6 cm³/mol. The number of morpholine rings is 1. The van der Waals surface area contributed by atoms with Gasteiger partial charge in [0.2, 0.25) is 17.1 Å². The lowest BCUT2D eigenvalue weighted by Crippen LogP contribution is -2.35. The van der Waals surface area contributed by atoms with Gasteiger partial charge in [0.05, 0.1) is 25.7 Å². The van der Waals surface area contributed by atoms with Gasteiger partial charge in [0.15, 0.2) is 5.76 Å². The van der Waals surface area contributed by atoms with Gasteiger partial charge >= 0.3 is 0 Å². The Bertz CT molecular complexity index is 815. The van der Waals surface area contributed by atoms with Gasteiger partial charge in [-0.25, -0.2) is 0 Å². The van der Waals surface area contributed by atoms with Crippen LogP contribution in [-0.4, -0.2) is 47.2 Å². The van der Waals surface area contributed by atoms with Crippen LogP contribution < -0.4 is 11.2 Å². The number of hydrogen-bond donors (Lipinski definition) is 2. The minimum absolute atomic E-state index is 0.0348. The van der Waals surface area contributed by atoms with E-state index in [0.29, 0.717) is 31.1 Å². The number of hydrogen-bond acceptors (Lipinski definition) is 7. The van der Waals surface area contributed by atoms with Crippen LogP contribution in [0.5, 0.6) is 5.75 Å². The Kier molecular flexibility index (Phi) is 5.65. The Balaban J connectivity index is 1.97. The second-order valence-corrected chi connectivity index (χ2v) is 6.19. The van der Waals surface area contributed by atoms with Gasteiger partial charge in [-0.3, -0.25) is 19.5 Å². The molecule has 26 heavy (non-hydrogen) atoms. The van der Waals surface area contributed by atoms with E-state index in [1.807, 2.05) is 0 Å². The summed E-state index contributed by atoms with van der Waals surface area (Å²) in [6, 6.07) is 4.73. The van der Waals surface area contributed by atoms with Gasteiger partial charge < -0.3 is 20.0 Å². The van der Waals surface area contributed by atoms with Crippen LogP contribution in [0.1, 0.15) is 29.4 Å². The first kappa shape index (κ1) is 18.1. The van der Waals surface area contributed by atoms with E-state index in [-0.39, 0.29) is 12.2 Å². The van der Waals surface area contributed by atoms with Crippen molar-refractivity contribution in [2.24, 2.45) is 5.73 Å². The van der Waals surface area contributed by atoms with E-state index < -0.39 is 23.0 Å². The molecule has 0 aromatic carbocycles. The molecule has 2 aromatic heterocycles. The van der Waals surface area contributed by atoms with Crippen LogP contribution in [0.15, 0.2) is 39.8 Å². The summed E-state index contributed by atoms with van der Waals surface area (Å²) < 4.78 is 11.2. The highest BCUT2D eigenvalue weighted by molar-refractivity contribution is 5.75. The number of ether oxygens (including phenoxy) is 1. The molecule has 0 radical (unpaired) electrons. The standard InChI is InChI=1S/C18H21N3O5/c19-16(23)9-14(12-2-1-3-20-10-12)18-17(24)15(22)8-13(26-18)11-21-4-6-25-7-5-21/h1-3,8,10,14,24H,4-7,9,11H2,(H2,19,23)/t14-/m1/s1. The Morgan fingerprint density at radius 2 is 2.15 bits per heavy atom. The lowest BCUT2D eigenvalue weighted by molar-refractivity contribution is -0.118. The number of nitrogens with two attached hydrogens (primary N) is 1.